The van der Waals surface area contributed by atoms with Crippen molar-refractivity contribution in [1.29, 1.82) is 0 Å². The molecule has 0 radical (unpaired) electrons. The van der Waals surface area contributed by atoms with Crippen LogP contribution in [-0.2, 0) is 6.54 Å². The Morgan fingerprint density at radius 1 is 0.818 bits per heavy atom. The summed E-state index contributed by atoms with van der Waals surface area (Å²) >= 11 is 0. The highest BCUT2D eigenvalue weighted by Crippen LogP contribution is 2.19. The number of hydrogen-bond donors (Lipinski definition) is 0. The summed E-state index contributed by atoms with van der Waals surface area (Å²) in [7, 11) is 0. The molecule has 3 nitrogen and oxygen atoms in total. The third kappa shape index (κ3) is 1.99. The van der Waals surface area contributed by atoms with E-state index in [4.69, 9.17) is 0 Å². The van der Waals surface area contributed by atoms with Crippen molar-refractivity contribution in [3.8, 4) is 0 Å². The molecule has 2 aromatic heterocycles. The van der Waals surface area contributed by atoms with Crippen molar-refractivity contribution in [1.82, 2.24) is 9.55 Å². The summed E-state index contributed by atoms with van der Waals surface area (Å²) in [6, 6.07) is 21.6. The summed E-state index contributed by atoms with van der Waals surface area (Å²) in [5, 5.41) is 1.40. The minimum absolute atomic E-state index is 0.0445. The number of nitrogens with zero attached hydrogens (tertiary/aromatic N) is 2. The summed E-state index contributed by atoms with van der Waals surface area (Å²) in [6.07, 6.45) is 1.73. The average Bonchev–Trinajstić information content (AvgIpc) is 2.59. The first-order chi connectivity index (χ1) is 10.8. The SMILES string of the molecule is O=c1c2ccccc2n(Cc2ccccc2)c2ncccc12. The third-order valence-corrected chi connectivity index (χ3v) is 3.91. The molecule has 4 aromatic rings. The topological polar surface area (TPSA) is 34.9 Å². The quantitative estimate of drug-likeness (QED) is 0.528. The molecule has 0 aliphatic rings. The summed E-state index contributed by atoms with van der Waals surface area (Å²) in [5.41, 5.74) is 2.88. The van der Waals surface area contributed by atoms with Crippen molar-refractivity contribution in [2.45, 2.75) is 6.54 Å². The fourth-order valence-electron chi connectivity index (χ4n) is 2.88. The predicted octanol–water partition coefficient (Wildman–Crippen LogP) is 3.60. The van der Waals surface area contributed by atoms with Crippen LogP contribution in [0.2, 0.25) is 0 Å². The molecule has 0 aliphatic carbocycles. The van der Waals surface area contributed by atoms with Crippen LogP contribution in [0.15, 0.2) is 77.7 Å². The molecule has 0 N–H and O–H groups in total. The highest BCUT2D eigenvalue weighted by Gasteiger charge is 2.11. The van der Waals surface area contributed by atoms with Crippen LogP contribution in [0.4, 0.5) is 0 Å². The van der Waals surface area contributed by atoms with Gasteiger partial charge in [0.05, 0.1) is 10.9 Å². The van der Waals surface area contributed by atoms with Crippen molar-refractivity contribution in [3.63, 3.8) is 0 Å². The van der Waals surface area contributed by atoms with Gasteiger partial charge in [-0.15, -0.1) is 0 Å². The molecule has 2 aromatic carbocycles. The maximum absolute atomic E-state index is 12.6. The molecule has 0 bridgehead atoms. The molecular formula is C19H14N2O. The van der Waals surface area contributed by atoms with Gasteiger partial charge in [-0.25, -0.2) is 4.98 Å². The molecule has 0 atom stereocenters. The summed E-state index contributed by atoms with van der Waals surface area (Å²) in [5.74, 6) is 0. The first-order valence-corrected chi connectivity index (χ1v) is 7.25. The van der Waals surface area contributed by atoms with Gasteiger partial charge in [-0.3, -0.25) is 4.79 Å². The number of aromatic nitrogens is 2. The molecule has 0 amide bonds. The predicted molar refractivity (Wildman–Crippen MR) is 89.1 cm³/mol. The molecule has 106 valence electrons. The average molecular weight is 286 g/mol. The highest BCUT2D eigenvalue weighted by atomic mass is 16.1. The molecule has 0 fully saturated rings. The number of benzene rings is 2. The van der Waals surface area contributed by atoms with Crippen molar-refractivity contribution >= 4 is 21.9 Å². The van der Waals surface area contributed by atoms with E-state index in [-0.39, 0.29) is 5.43 Å². The van der Waals surface area contributed by atoms with Gasteiger partial charge in [-0.05, 0) is 29.8 Å². The van der Waals surface area contributed by atoms with E-state index in [2.05, 4.69) is 21.7 Å². The normalized spacial score (nSPS) is 11.1. The van der Waals surface area contributed by atoms with Crippen LogP contribution < -0.4 is 5.43 Å². The lowest BCUT2D eigenvalue weighted by atomic mass is 10.1. The molecule has 0 aliphatic heterocycles. The van der Waals surface area contributed by atoms with Gasteiger partial charge in [0.25, 0.3) is 0 Å². The van der Waals surface area contributed by atoms with E-state index in [1.54, 1.807) is 6.20 Å². The van der Waals surface area contributed by atoms with Gasteiger partial charge in [-0.2, -0.15) is 0 Å². The smallest absolute Gasteiger partial charge is 0.198 e. The summed E-state index contributed by atoms with van der Waals surface area (Å²) in [6.45, 7) is 0.690. The van der Waals surface area contributed by atoms with E-state index in [1.807, 2.05) is 54.6 Å². The Kier molecular flexibility index (Phi) is 2.97. The number of pyridine rings is 2. The Bertz CT molecular complexity index is 960. The molecule has 0 spiro atoms. The summed E-state index contributed by atoms with van der Waals surface area (Å²) < 4.78 is 2.11. The van der Waals surface area contributed by atoms with Crippen molar-refractivity contribution in [2.24, 2.45) is 0 Å². The van der Waals surface area contributed by atoms with Crippen molar-refractivity contribution < 1.29 is 0 Å². The van der Waals surface area contributed by atoms with Gasteiger partial charge in [-0.1, -0.05) is 42.5 Å². The highest BCUT2D eigenvalue weighted by molar-refractivity contribution is 5.91. The van der Waals surface area contributed by atoms with Gasteiger partial charge in [0.15, 0.2) is 5.43 Å². The maximum Gasteiger partial charge on any atom is 0.198 e. The van der Waals surface area contributed by atoms with Crippen LogP contribution in [0.1, 0.15) is 5.56 Å². The third-order valence-electron chi connectivity index (χ3n) is 3.91. The van der Waals surface area contributed by atoms with Gasteiger partial charge in [0, 0.05) is 18.1 Å². The molecule has 4 rings (SSSR count). The Morgan fingerprint density at radius 2 is 1.55 bits per heavy atom. The standard InChI is InChI=1S/C19H14N2O/c22-18-15-9-4-5-11-17(15)21(13-14-7-2-1-3-8-14)19-16(18)10-6-12-20-19/h1-12H,13H2. The van der Waals surface area contributed by atoms with Crippen LogP contribution in [0.3, 0.4) is 0 Å². The number of fused-ring (bicyclic) bond motifs is 2. The van der Waals surface area contributed by atoms with Crippen molar-refractivity contribution in [2.75, 3.05) is 0 Å². The zero-order valence-corrected chi connectivity index (χ0v) is 11.9. The molecule has 0 unspecified atom stereocenters. The Labute approximate surface area is 127 Å². The molecule has 0 saturated carbocycles. The van der Waals surface area contributed by atoms with E-state index >= 15 is 0 Å². The fourth-order valence-corrected chi connectivity index (χ4v) is 2.88. The first-order valence-electron chi connectivity index (χ1n) is 7.25. The first kappa shape index (κ1) is 12.8. The lowest BCUT2D eigenvalue weighted by Crippen LogP contribution is -2.13. The number of hydrogen-bond acceptors (Lipinski definition) is 2. The zero-order valence-electron chi connectivity index (χ0n) is 11.9. The van der Waals surface area contributed by atoms with E-state index in [0.29, 0.717) is 11.9 Å². The lowest BCUT2D eigenvalue weighted by Gasteiger charge is -2.14. The largest absolute Gasteiger partial charge is 0.321 e. The molecule has 22 heavy (non-hydrogen) atoms. The van der Waals surface area contributed by atoms with E-state index in [9.17, 15) is 4.79 Å². The van der Waals surface area contributed by atoms with E-state index in [0.717, 1.165) is 16.6 Å². The Morgan fingerprint density at radius 3 is 2.41 bits per heavy atom. The van der Waals surface area contributed by atoms with Crippen LogP contribution in [0.25, 0.3) is 21.9 Å². The minimum atomic E-state index is 0.0445. The molecule has 2 heterocycles. The molecule has 3 heteroatoms. The van der Waals surface area contributed by atoms with Crippen LogP contribution in [0.5, 0.6) is 0 Å². The second kappa shape index (κ2) is 5.11. The van der Waals surface area contributed by atoms with Gasteiger partial charge in [0.1, 0.15) is 5.65 Å². The summed E-state index contributed by atoms with van der Waals surface area (Å²) in [4.78, 5) is 17.1. The van der Waals surface area contributed by atoms with Crippen LogP contribution in [0, 0.1) is 0 Å². The fraction of sp³-hybridized carbons (Fsp3) is 0.0526. The molecular weight excluding hydrogens is 272 g/mol. The number of para-hydroxylation sites is 1. The Hall–Kier alpha value is -2.94. The zero-order chi connectivity index (χ0) is 14.9. The van der Waals surface area contributed by atoms with Crippen LogP contribution in [-0.4, -0.2) is 9.55 Å². The maximum atomic E-state index is 12.6. The van der Waals surface area contributed by atoms with E-state index in [1.165, 1.54) is 5.56 Å². The number of rotatable bonds is 2. The minimum Gasteiger partial charge on any atom is -0.321 e. The van der Waals surface area contributed by atoms with Gasteiger partial charge < -0.3 is 4.57 Å². The monoisotopic (exact) mass is 286 g/mol. The van der Waals surface area contributed by atoms with Gasteiger partial charge in [0.2, 0.25) is 0 Å². The van der Waals surface area contributed by atoms with Crippen molar-refractivity contribution in [3.05, 3.63) is 88.7 Å². The molecule has 0 saturated heterocycles. The second-order valence-corrected chi connectivity index (χ2v) is 5.29. The lowest BCUT2D eigenvalue weighted by molar-refractivity contribution is 0.849. The Balaban J connectivity index is 2.09. The van der Waals surface area contributed by atoms with Gasteiger partial charge >= 0.3 is 0 Å². The van der Waals surface area contributed by atoms with E-state index < -0.39 is 0 Å². The van der Waals surface area contributed by atoms with Crippen LogP contribution >= 0.6 is 0 Å². The second-order valence-electron chi connectivity index (χ2n) is 5.29.